The number of nitrogens with one attached hydrogen (secondary N) is 2. The smallest absolute Gasteiger partial charge is 0.319 e. The third kappa shape index (κ3) is 4.46. The minimum absolute atomic E-state index is 0.414. The molecule has 0 aliphatic carbocycles. The lowest BCUT2D eigenvalue weighted by Gasteiger charge is -2.18. The van der Waals surface area contributed by atoms with Gasteiger partial charge in [0.15, 0.2) is 0 Å². The molecule has 0 aliphatic heterocycles. The normalized spacial score (nSPS) is 13.2. The zero-order chi connectivity index (χ0) is 15.3. The first-order valence-corrected chi connectivity index (χ1v) is 6.39. The Labute approximate surface area is 118 Å². The standard InChI is InChI=1S/C14H21N3O3/c1-9(13(18)19)10(2)15-14(20)16-11-5-7-12(8-6-11)17(3)4/h5-10H,1-4H3,(H,18,19)(H2,15,16,20). The van der Waals surface area contributed by atoms with E-state index >= 15 is 0 Å². The Bertz CT molecular complexity index is 471. The molecular formula is C14H21N3O3. The maximum Gasteiger partial charge on any atom is 0.319 e. The van der Waals surface area contributed by atoms with Crippen LogP contribution >= 0.6 is 0 Å². The molecule has 0 fully saturated rings. The molecule has 0 heterocycles. The van der Waals surface area contributed by atoms with Gasteiger partial charge in [-0.05, 0) is 38.1 Å². The SMILES string of the molecule is CC(NC(=O)Nc1ccc(N(C)C)cc1)C(C)C(=O)O. The molecule has 0 saturated heterocycles. The number of carbonyl (C=O) groups excluding carboxylic acids is 1. The van der Waals surface area contributed by atoms with Gasteiger partial charge in [-0.15, -0.1) is 0 Å². The van der Waals surface area contributed by atoms with Crippen molar-refractivity contribution in [3.63, 3.8) is 0 Å². The molecular weight excluding hydrogens is 258 g/mol. The van der Waals surface area contributed by atoms with Crippen molar-refractivity contribution in [1.82, 2.24) is 5.32 Å². The molecule has 20 heavy (non-hydrogen) atoms. The number of anilines is 2. The van der Waals surface area contributed by atoms with Crippen LogP contribution in [0.3, 0.4) is 0 Å². The van der Waals surface area contributed by atoms with Crippen LogP contribution in [0.1, 0.15) is 13.8 Å². The first-order chi connectivity index (χ1) is 9.31. The van der Waals surface area contributed by atoms with E-state index in [9.17, 15) is 9.59 Å². The molecule has 6 nitrogen and oxygen atoms in total. The fourth-order valence-corrected chi connectivity index (χ4v) is 1.56. The highest BCUT2D eigenvalue weighted by atomic mass is 16.4. The van der Waals surface area contributed by atoms with Crippen LogP contribution in [0.2, 0.25) is 0 Å². The molecule has 1 rings (SSSR count). The van der Waals surface area contributed by atoms with E-state index in [2.05, 4.69) is 10.6 Å². The van der Waals surface area contributed by atoms with E-state index in [0.717, 1.165) is 5.69 Å². The first kappa shape index (κ1) is 15.8. The summed E-state index contributed by atoms with van der Waals surface area (Å²) in [6.07, 6.45) is 0. The van der Waals surface area contributed by atoms with Crippen molar-refractivity contribution in [2.24, 2.45) is 5.92 Å². The Balaban J connectivity index is 2.56. The van der Waals surface area contributed by atoms with Gasteiger partial charge in [-0.25, -0.2) is 4.79 Å². The van der Waals surface area contributed by atoms with Gasteiger partial charge in [0, 0.05) is 31.5 Å². The summed E-state index contributed by atoms with van der Waals surface area (Å²) in [4.78, 5) is 24.5. The summed E-state index contributed by atoms with van der Waals surface area (Å²) < 4.78 is 0. The molecule has 0 aromatic heterocycles. The van der Waals surface area contributed by atoms with E-state index in [0.29, 0.717) is 5.69 Å². The van der Waals surface area contributed by atoms with E-state index in [-0.39, 0.29) is 0 Å². The van der Waals surface area contributed by atoms with E-state index in [1.165, 1.54) is 0 Å². The molecule has 0 radical (unpaired) electrons. The van der Waals surface area contributed by atoms with E-state index in [1.54, 1.807) is 26.0 Å². The lowest BCUT2D eigenvalue weighted by molar-refractivity contribution is -0.141. The third-order valence-corrected chi connectivity index (χ3v) is 3.14. The fourth-order valence-electron chi connectivity index (χ4n) is 1.56. The van der Waals surface area contributed by atoms with Gasteiger partial charge in [0.05, 0.1) is 5.92 Å². The summed E-state index contributed by atoms with van der Waals surface area (Å²) in [5.74, 6) is -1.58. The molecule has 2 atom stereocenters. The van der Waals surface area contributed by atoms with Crippen molar-refractivity contribution in [2.45, 2.75) is 19.9 Å². The molecule has 6 heteroatoms. The van der Waals surface area contributed by atoms with Crippen molar-refractivity contribution >= 4 is 23.4 Å². The van der Waals surface area contributed by atoms with Crippen LogP contribution in [-0.4, -0.2) is 37.2 Å². The monoisotopic (exact) mass is 279 g/mol. The number of urea groups is 1. The van der Waals surface area contributed by atoms with Crippen LogP contribution in [-0.2, 0) is 4.79 Å². The van der Waals surface area contributed by atoms with Gasteiger partial charge in [0.25, 0.3) is 0 Å². The van der Waals surface area contributed by atoms with E-state index in [1.807, 2.05) is 31.1 Å². The summed E-state index contributed by atoms with van der Waals surface area (Å²) >= 11 is 0. The number of benzene rings is 1. The van der Waals surface area contributed by atoms with Crippen LogP contribution in [0.4, 0.5) is 16.2 Å². The van der Waals surface area contributed by atoms with Gasteiger partial charge in [0.2, 0.25) is 0 Å². The second-order valence-electron chi connectivity index (χ2n) is 4.96. The summed E-state index contributed by atoms with van der Waals surface area (Å²) in [5.41, 5.74) is 1.69. The first-order valence-electron chi connectivity index (χ1n) is 6.39. The van der Waals surface area contributed by atoms with Crippen LogP contribution in [0.5, 0.6) is 0 Å². The van der Waals surface area contributed by atoms with E-state index < -0.39 is 24.0 Å². The van der Waals surface area contributed by atoms with Crippen molar-refractivity contribution < 1.29 is 14.7 Å². The summed E-state index contributed by atoms with van der Waals surface area (Å²) in [6, 6.07) is 6.50. The highest BCUT2D eigenvalue weighted by Crippen LogP contribution is 2.15. The second kappa shape index (κ2) is 6.79. The molecule has 1 aromatic rings. The molecule has 0 saturated carbocycles. The van der Waals surface area contributed by atoms with Crippen LogP contribution < -0.4 is 15.5 Å². The van der Waals surface area contributed by atoms with Crippen molar-refractivity contribution in [1.29, 1.82) is 0 Å². The van der Waals surface area contributed by atoms with Gasteiger partial charge in [-0.1, -0.05) is 0 Å². The number of hydrogen-bond acceptors (Lipinski definition) is 3. The van der Waals surface area contributed by atoms with Crippen LogP contribution in [0.25, 0.3) is 0 Å². The minimum atomic E-state index is -0.937. The highest BCUT2D eigenvalue weighted by Gasteiger charge is 2.20. The predicted octanol–water partition coefficient (Wildman–Crippen LogP) is 1.98. The Kier molecular flexibility index (Phi) is 5.37. The van der Waals surface area contributed by atoms with Gasteiger partial charge in [0.1, 0.15) is 0 Å². The van der Waals surface area contributed by atoms with Crippen LogP contribution in [0, 0.1) is 5.92 Å². The Morgan fingerprint density at radius 2 is 1.70 bits per heavy atom. The Morgan fingerprint density at radius 3 is 2.15 bits per heavy atom. The number of carboxylic acid groups (broad SMARTS) is 1. The molecule has 0 bridgehead atoms. The van der Waals surface area contributed by atoms with Crippen LogP contribution in [0.15, 0.2) is 24.3 Å². The molecule has 0 spiro atoms. The summed E-state index contributed by atoms with van der Waals surface area (Å²) in [5, 5.41) is 14.1. The van der Waals surface area contributed by atoms with Crippen molar-refractivity contribution in [2.75, 3.05) is 24.3 Å². The average Bonchev–Trinajstić information content (AvgIpc) is 2.37. The maximum absolute atomic E-state index is 11.7. The number of amides is 2. The third-order valence-electron chi connectivity index (χ3n) is 3.14. The number of rotatable bonds is 5. The zero-order valence-corrected chi connectivity index (χ0v) is 12.2. The average molecular weight is 279 g/mol. The lowest BCUT2D eigenvalue weighted by atomic mass is 10.0. The van der Waals surface area contributed by atoms with Gasteiger partial charge >= 0.3 is 12.0 Å². The minimum Gasteiger partial charge on any atom is -0.481 e. The quantitative estimate of drug-likeness (QED) is 0.770. The number of carboxylic acids is 1. The molecule has 3 N–H and O–H groups in total. The number of carbonyl (C=O) groups is 2. The zero-order valence-electron chi connectivity index (χ0n) is 12.2. The predicted molar refractivity (Wildman–Crippen MR) is 79.2 cm³/mol. The molecule has 2 unspecified atom stereocenters. The van der Waals surface area contributed by atoms with Gasteiger partial charge < -0.3 is 20.6 Å². The Hall–Kier alpha value is -2.24. The van der Waals surface area contributed by atoms with Crippen molar-refractivity contribution in [3.05, 3.63) is 24.3 Å². The Morgan fingerprint density at radius 1 is 1.15 bits per heavy atom. The second-order valence-corrected chi connectivity index (χ2v) is 4.96. The van der Waals surface area contributed by atoms with E-state index in [4.69, 9.17) is 5.11 Å². The molecule has 1 aromatic carbocycles. The lowest BCUT2D eigenvalue weighted by Crippen LogP contribution is -2.42. The molecule has 2 amide bonds. The van der Waals surface area contributed by atoms with Crippen molar-refractivity contribution in [3.8, 4) is 0 Å². The fraction of sp³-hybridized carbons (Fsp3) is 0.429. The molecule has 110 valence electrons. The maximum atomic E-state index is 11.7. The number of aliphatic carboxylic acids is 1. The largest absolute Gasteiger partial charge is 0.481 e. The number of hydrogen-bond donors (Lipinski definition) is 3. The summed E-state index contributed by atoms with van der Waals surface area (Å²) in [6.45, 7) is 3.21. The molecule has 0 aliphatic rings. The van der Waals surface area contributed by atoms with Gasteiger partial charge in [-0.3, -0.25) is 4.79 Å². The number of nitrogens with zero attached hydrogens (tertiary/aromatic N) is 1. The van der Waals surface area contributed by atoms with Gasteiger partial charge in [-0.2, -0.15) is 0 Å². The highest BCUT2D eigenvalue weighted by molar-refractivity contribution is 5.90. The topological polar surface area (TPSA) is 81.7 Å². The summed E-state index contributed by atoms with van der Waals surface area (Å²) in [7, 11) is 3.87.